The van der Waals surface area contributed by atoms with Gasteiger partial charge < -0.3 is 4.42 Å². The van der Waals surface area contributed by atoms with Crippen molar-refractivity contribution in [3.63, 3.8) is 0 Å². The van der Waals surface area contributed by atoms with E-state index >= 15 is 0 Å². The molecule has 0 aliphatic heterocycles. The van der Waals surface area contributed by atoms with Crippen LogP contribution in [0.15, 0.2) is 45.9 Å². The Bertz CT molecular complexity index is 723. The van der Waals surface area contributed by atoms with Gasteiger partial charge in [-0.3, -0.25) is 4.79 Å². The number of benzene rings is 1. The number of rotatable bonds is 5. The predicted molar refractivity (Wildman–Crippen MR) is 69.1 cm³/mol. The molecule has 1 aromatic carbocycles. The summed E-state index contributed by atoms with van der Waals surface area (Å²) in [6, 6.07) is 6.41. The summed E-state index contributed by atoms with van der Waals surface area (Å²) in [4.78, 5) is 10.7. The Balaban J connectivity index is 2.28. The molecule has 0 spiro atoms. The van der Waals surface area contributed by atoms with Crippen molar-refractivity contribution in [3.8, 4) is 0 Å². The van der Waals surface area contributed by atoms with Crippen molar-refractivity contribution in [3.05, 3.63) is 53.7 Å². The summed E-state index contributed by atoms with van der Waals surface area (Å²) in [6.45, 7) is 1.18. The van der Waals surface area contributed by atoms with Gasteiger partial charge in [0.15, 0.2) is 5.78 Å². The smallest absolute Gasteiger partial charge is 0.243 e. The van der Waals surface area contributed by atoms with Gasteiger partial charge in [0.25, 0.3) is 0 Å². The molecule has 0 fully saturated rings. The molecule has 0 amide bonds. The van der Waals surface area contributed by atoms with Crippen LogP contribution >= 0.6 is 0 Å². The molecule has 5 nitrogen and oxygen atoms in total. The van der Waals surface area contributed by atoms with Crippen molar-refractivity contribution >= 4 is 15.8 Å². The molecule has 0 bridgehead atoms. The number of hydrogen-bond acceptors (Lipinski definition) is 4. The van der Waals surface area contributed by atoms with Crippen LogP contribution in [0.4, 0.5) is 4.39 Å². The zero-order valence-electron chi connectivity index (χ0n) is 10.6. The highest BCUT2D eigenvalue weighted by molar-refractivity contribution is 7.89. The monoisotopic (exact) mass is 297 g/mol. The van der Waals surface area contributed by atoms with E-state index in [1.807, 2.05) is 0 Å². The van der Waals surface area contributed by atoms with Gasteiger partial charge in [-0.2, -0.15) is 0 Å². The summed E-state index contributed by atoms with van der Waals surface area (Å²) in [6.07, 6.45) is 1.40. The fraction of sp³-hybridized carbons (Fsp3) is 0.154. The number of sulfonamides is 1. The van der Waals surface area contributed by atoms with Crippen LogP contribution in [0.5, 0.6) is 0 Å². The maximum atomic E-state index is 13.6. The van der Waals surface area contributed by atoms with E-state index in [9.17, 15) is 17.6 Å². The largest absolute Gasteiger partial charge is 0.468 e. The maximum absolute atomic E-state index is 13.6. The molecule has 0 aliphatic carbocycles. The average Bonchev–Trinajstić information content (AvgIpc) is 2.89. The standard InChI is InChI=1S/C13H12FNO4S/c1-9(16)10-4-5-12(14)13(7-10)20(17,18)15-8-11-3-2-6-19-11/h2-7,15H,8H2,1H3. The molecule has 0 saturated heterocycles. The molecule has 0 atom stereocenters. The molecule has 0 radical (unpaired) electrons. The van der Waals surface area contributed by atoms with E-state index in [4.69, 9.17) is 4.42 Å². The van der Waals surface area contributed by atoms with Gasteiger partial charge in [-0.15, -0.1) is 0 Å². The molecule has 0 saturated carbocycles. The Morgan fingerprint density at radius 2 is 2.10 bits per heavy atom. The second-order valence-electron chi connectivity index (χ2n) is 4.11. The summed E-state index contributed by atoms with van der Waals surface area (Å²) in [5.41, 5.74) is 0.129. The van der Waals surface area contributed by atoms with Crippen LogP contribution in [-0.2, 0) is 16.6 Å². The van der Waals surface area contributed by atoms with Crippen LogP contribution in [0.1, 0.15) is 23.0 Å². The molecule has 1 heterocycles. The van der Waals surface area contributed by atoms with Gasteiger partial charge in [-0.25, -0.2) is 17.5 Å². The first-order valence-electron chi connectivity index (χ1n) is 5.72. The molecular weight excluding hydrogens is 285 g/mol. The topological polar surface area (TPSA) is 76.4 Å². The Labute approximate surface area is 115 Å². The second kappa shape index (κ2) is 5.56. The molecule has 2 aromatic rings. The molecule has 2 rings (SSSR count). The normalized spacial score (nSPS) is 11.5. The minimum absolute atomic E-state index is 0.0981. The van der Waals surface area contributed by atoms with Crippen LogP contribution in [0.25, 0.3) is 0 Å². The fourth-order valence-corrected chi connectivity index (χ4v) is 2.68. The molecule has 0 unspecified atom stereocenters. The number of halogens is 1. The van der Waals surface area contributed by atoms with E-state index < -0.39 is 20.7 Å². The van der Waals surface area contributed by atoms with E-state index in [1.54, 1.807) is 12.1 Å². The third kappa shape index (κ3) is 3.12. The molecule has 1 aromatic heterocycles. The van der Waals surface area contributed by atoms with Crippen molar-refractivity contribution < 1.29 is 22.0 Å². The van der Waals surface area contributed by atoms with E-state index in [0.29, 0.717) is 5.76 Å². The van der Waals surface area contributed by atoms with Crippen LogP contribution < -0.4 is 4.72 Å². The predicted octanol–water partition coefficient (Wildman–Crippen LogP) is 2.10. The number of nitrogens with one attached hydrogen (secondary N) is 1. The highest BCUT2D eigenvalue weighted by atomic mass is 32.2. The summed E-state index contributed by atoms with van der Waals surface area (Å²) in [5, 5.41) is 0. The number of Topliss-reactive ketones (excluding diaryl/α,β-unsaturated/α-hetero) is 1. The summed E-state index contributed by atoms with van der Waals surface area (Å²) in [5.74, 6) is -0.855. The van der Waals surface area contributed by atoms with Gasteiger partial charge in [-0.05, 0) is 37.3 Å². The van der Waals surface area contributed by atoms with Crippen LogP contribution in [0.2, 0.25) is 0 Å². The molecule has 0 aliphatic rings. The highest BCUT2D eigenvalue weighted by Gasteiger charge is 2.20. The van der Waals surface area contributed by atoms with Crippen molar-refractivity contribution in [2.75, 3.05) is 0 Å². The highest BCUT2D eigenvalue weighted by Crippen LogP contribution is 2.17. The Hall–Kier alpha value is -1.99. The fourth-order valence-electron chi connectivity index (χ4n) is 1.59. The lowest BCUT2D eigenvalue weighted by molar-refractivity contribution is 0.101. The summed E-state index contributed by atoms with van der Waals surface area (Å²) >= 11 is 0. The third-order valence-electron chi connectivity index (χ3n) is 2.64. The van der Waals surface area contributed by atoms with Gasteiger partial charge in [0.2, 0.25) is 10.0 Å². The van der Waals surface area contributed by atoms with Gasteiger partial charge in [0, 0.05) is 5.56 Å². The Morgan fingerprint density at radius 1 is 1.35 bits per heavy atom. The minimum Gasteiger partial charge on any atom is -0.468 e. The summed E-state index contributed by atoms with van der Waals surface area (Å²) < 4.78 is 44.9. The molecule has 20 heavy (non-hydrogen) atoms. The first-order valence-corrected chi connectivity index (χ1v) is 7.21. The van der Waals surface area contributed by atoms with Gasteiger partial charge in [-0.1, -0.05) is 0 Å². The quantitative estimate of drug-likeness (QED) is 0.857. The SMILES string of the molecule is CC(=O)c1ccc(F)c(S(=O)(=O)NCc2ccco2)c1. The second-order valence-corrected chi connectivity index (χ2v) is 5.84. The van der Waals surface area contributed by atoms with Gasteiger partial charge in [0.05, 0.1) is 12.8 Å². The van der Waals surface area contributed by atoms with E-state index in [1.165, 1.54) is 19.3 Å². The minimum atomic E-state index is -4.06. The summed E-state index contributed by atoms with van der Waals surface area (Å²) in [7, 11) is -4.06. The first-order chi connectivity index (χ1) is 9.40. The van der Waals surface area contributed by atoms with Crippen molar-refractivity contribution in [2.45, 2.75) is 18.4 Å². The van der Waals surface area contributed by atoms with Gasteiger partial charge in [0.1, 0.15) is 16.5 Å². The first kappa shape index (κ1) is 14.4. The zero-order chi connectivity index (χ0) is 14.8. The van der Waals surface area contributed by atoms with E-state index in [0.717, 1.165) is 12.1 Å². The third-order valence-corrected chi connectivity index (χ3v) is 4.06. The lowest BCUT2D eigenvalue weighted by atomic mass is 10.1. The van der Waals surface area contributed by atoms with Crippen LogP contribution in [-0.4, -0.2) is 14.2 Å². The van der Waals surface area contributed by atoms with E-state index in [-0.39, 0.29) is 17.9 Å². The van der Waals surface area contributed by atoms with Crippen molar-refractivity contribution in [1.82, 2.24) is 4.72 Å². The van der Waals surface area contributed by atoms with Crippen molar-refractivity contribution in [1.29, 1.82) is 0 Å². The number of carbonyl (C=O) groups excluding carboxylic acids is 1. The molecule has 7 heteroatoms. The number of carbonyl (C=O) groups is 1. The Kier molecular flexibility index (Phi) is 4.01. The number of hydrogen-bond donors (Lipinski definition) is 1. The number of ketones is 1. The molecular formula is C13H12FNO4S. The number of furan rings is 1. The molecule has 106 valence electrons. The van der Waals surface area contributed by atoms with E-state index in [2.05, 4.69) is 4.72 Å². The molecule has 1 N–H and O–H groups in total. The maximum Gasteiger partial charge on any atom is 0.243 e. The van der Waals surface area contributed by atoms with Crippen LogP contribution in [0, 0.1) is 5.82 Å². The van der Waals surface area contributed by atoms with Crippen LogP contribution in [0.3, 0.4) is 0 Å². The van der Waals surface area contributed by atoms with Gasteiger partial charge >= 0.3 is 0 Å². The zero-order valence-corrected chi connectivity index (χ0v) is 11.4. The lowest BCUT2D eigenvalue weighted by Crippen LogP contribution is -2.24. The Morgan fingerprint density at radius 3 is 2.70 bits per heavy atom. The lowest BCUT2D eigenvalue weighted by Gasteiger charge is -2.07. The average molecular weight is 297 g/mol. The van der Waals surface area contributed by atoms with Crippen molar-refractivity contribution in [2.24, 2.45) is 0 Å².